The second-order valence-corrected chi connectivity index (χ2v) is 5.36. The molecule has 0 radical (unpaired) electrons. The maximum Gasteiger partial charge on any atom is 0.125 e. The Morgan fingerprint density at radius 1 is 1.10 bits per heavy atom. The highest BCUT2D eigenvalue weighted by Crippen LogP contribution is 2.18. The lowest BCUT2D eigenvalue weighted by molar-refractivity contribution is 0.328. The Kier molecular flexibility index (Phi) is 3.97. The summed E-state index contributed by atoms with van der Waals surface area (Å²) in [4.78, 5) is 2.44. The Morgan fingerprint density at radius 3 is 2.75 bits per heavy atom. The summed E-state index contributed by atoms with van der Waals surface area (Å²) in [5.74, 6) is -0.186. The third-order valence-corrected chi connectivity index (χ3v) is 3.72. The van der Waals surface area contributed by atoms with Crippen molar-refractivity contribution < 1.29 is 4.39 Å². The smallest absolute Gasteiger partial charge is 0.125 e. The largest absolute Gasteiger partial charge is 0.381 e. The van der Waals surface area contributed by atoms with Gasteiger partial charge in [-0.1, -0.05) is 36.4 Å². The summed E-state index contributed by atoms with van der Waals surface area (Å²) in [6.45, 7) is 3.08. The van der Waals surface area contributed by atoms with Gasteiger partial charge in [-0.15, -0.1) is 0 Å². The predicted octanol–water partition coefficient (Wildman–Crippen LogP) is 3.51. The van der Waals surface area contributed by atoms with Crippen LogP contribution in [0.25, 0.3) is 0 Å². The molecule has 0 aliphatic carbocycles. The molecule has 0 bridgehead atoms. The van der Waals surface area contributed by atoms with E-state index in [0.717, 1.165) is 31.7 Å². The first-order valence-electron chi connectivity index (χ1n) is 7.08. The Balaban J connectivity index is 1.54. The molecule has 104 valence electrons. The van der Waals surface area contributed by atoms with Crippen molar-refractivity contribution in [2.75, 3.05) is 18.4 Å². The Labute approximate surface area is 119 Å². The fraction of sp³-hybridized carbons (Fsp3) is 0.294. The zero-order valence-corrected chi connectivity index (χ0v) is 11.4. The van der Waals surface area contributed by atoms with Gasteiger partial charge in [0.2, 0.25) is 0 Å². The van der Waals surface area contributed by atoms with Gasteiger partial charge in [-0.2, -0.15) is 0 Å². The van der Waals surface area contributed by atoms with Gasteiger partial charge < -0.3 is 5.32 Å². The molecule has 3 rings (SSSR count). The lowest BCUT2D eigenvalue weighted by Crippen LogP contribution is -2.25. The SMILES string of the molecule is Fc1cccc(NC2CCN(Cc3ccccc3)C2)c1. The topological polar surface area (TPSA) is 15.3 Å². The first-order valence-corrected chi connectivity index (χ1v) is 7.08. The number of hydrogen-bond acceptors (Lipinski definition) is 2. The summed E-state index contributed by atoms with van der Waals surface area (Å²) in [5, 5.41) is 3.42. The summed E-state index contributed by atoms with van der Waals surface area (Å²) >= 11 is 0. The van der Waals surface area contributed by atoms with Crippen molar-refractivity contribution in [1.82, 2.24) is 4.90 Å². The average Bonchev–Trinajstić information content (AvgIpc) is 2.87. The summed E-state index contributed by atoms with van der Waals surface area (Å²) in [5.41, 5.74) is 2.22. The van der Waals surface area contributed by atoms with E-state index >= 15 is 0 Å². The normalized spacial score (nSPS) is 19.1. The minimum absolute atomic E-state index is 0.186. The maximum atomic E-state index is 13.2. The zero-order chi connectivity index (χ0) is 13.8. The molecule has 0 saturated carbocycles. The summed E-state index contributed by atoms with van der Waals surface area (Å²) < 4.78 is 13.2. The van der Waals surface area contributed by atoms with Crippen LogP contribution in [0.1, 0.15) is 12.0 Å². The molecule has 1 fully saturated rings. The Morgan fingerprint density at radius 2 is 1.95 bits per heavy atom. The van der Waals surface area contributed by atoms with E-state index < -0.39 is 0 Å². The highest BCUT2D eigenvalue weighted by molar-refractivity contribution is 5.44. The zero-order valence-electron chi connectivity index (χ0n) is 11.4. The van der Waals surface area contributed by atoms with Crippen molar-refractivity contribution in [1.29, 1.82) is 0 Å². The van der Waals surface area contributed by atoms with Gasteiger partial charge in [0.25, 0.3) is 0 Å². The van der Waals surface area contributed by atoms with Crippen molar-refractivity contribution in [3.05, 3.63) is 66.0 Å². The van der Waals surface area contributed by atoms with Gasteiger partial charge in [-0.25, -0.2) is 4.39 Å². The number of hydrogen-bond donors (Lipinski definition) is 1. The number of benzene rings is 2. The van der Waals surface area contributed by atoms with Crippen molar-refractivity contribution >= 4 is 5.69 Å². The lowest BCUT2D eigenvalue weighted by Gasteiger charge is -2.17. The van der Waals surface area contributed by atoms with Crippen molar-refractivity contribution in [2.24, 2.45) is 0 Å². The second-order valence-electron chi connectivity index (χ2n) is 5.36. The van der Waals surface area contributed by atoms with E-state index in [9.17, 15) is 4.39 Å². The Hall–Kier alpha value is -1.87. The van der Waals surface area contributed by atoms with E-state index in [2.05, 4.69) is 34.5 Å². The van der Waals surface area contributed by atoms with Crippen LogP contribution in [0.4, 0.5) is 10.1 Å². The highest BCUT2D eigenvalue weighted by Gasteiger charge is 2.22. The standard InChI is InChI=1S/C17H19FN2/c18-15-7-4-8-16(11-15)19-17-9-10-20(13-17)12-14-5-2-1-3-6-14/h1-8,11,17,19H,9-10,12-13H2. The molecule has 1 saturated heterocycles. The van der Waals surface area contributed by atoms with Crippen molar-refractivity contribution in [3.8, 4) is 0 Å². The van der Waals surface area contributed by atoms with Crippen LogP contribution in [0.2, 0.25) is 0 Å². The summed E-state index contributed by atoms with van der Waals surface area (Å²) in [6.07, 6.45) is 1.10. The molecule has 1 N–H and O–H groups in total. The van der Waals surface area contributed by atoms with E-state index in [4.69, 9.17) is 0 Å². The Bertz CT molecular complexity index is 556. The average molecular weight is 270 g/mol. The van der Waals surface area contributed by atoms with E-state index in [1.807, 2.05) is 12.1 Å². The molecule has 20 heavy (non-hydrogen) atoms. The van der Waals surface area contributed by atoms with Crippen LogP contribution in [-0.2, 0) is 6.54 Å². The third kappa shape index (κ3) is 3.36. The molecule has 2 aromatic carbocycles. The molecule has 1 aliphatic heterocycles. The van der Waals surface area contributed by atoms with Crippen molar-refractivity contribution in [2.45, 2.75) is 19.0 Å². The summed E-state index contributed by atoms with van der Waals surface area (Å²) in [7, 11) is 0. The van der Waals surface area contributed by atoms with Crippen LogP contribution < -0.4 is 5.32 Å². The number of nitrogens with zero attached hydrogens (tertiary/aromatic N) is 1. The van der Waals surface area contributed by atoms with Crippen LogP contribution >= 0.6 is 0 Å². The van der Waals surface area contributed by atoms with Crippen LogP contribution in [-0.4, -0.2) is 24.0 Å². The molecule has 0 spiro atoms. The van der Waals surface area contributed by atoms with Crippen LogP contribution in [0.5, 0.6) is 0 Å². The molecular formula is C17H19FN2. The molecule has 1 aliphatic rings. The minimum atomic E-state index is -0.186. The lowest BCUT2D eigenvalue weighted by atomic mass is 10.2. The fourth-order valence-electron chi connectivity index (χ4n) is 2.75. The van der Waals surface area contributed by atoms with E-state index in [1.54, 1.807) is 12.1 Å². The van der Waals surface area contributed by atoms with E-state index in [1.165, 1.54) is 11.6 Å². The first kappa shape index (κ1) is 13.1. The molecule has 3 heteroatoms. The number of anilines is 1. The first-order chi connectivity index (χ1) is 9.79. The van der Waals surface area contributed by atoms with Gasteiger partial charge in [-0.3, -0.25) is 4.90 Å². The van der Waals surface area contributed by atoms with Crippen LogP contribution in [0.3, 0.4) is 0 Å². The van der Waals surface area contributed by atoms with E-state index in [-0.39, 0.29) is 5.82 Å². The molecule has 0 aromatic heterocycles. The summed E-state index contributed by atoms with van der Waals surface area (Å²) in [6, 6.07) is 17.6. The molecule has 1 heterocycles. The van der Waals surface area contributed by atoms with Crippen molar-refractivity contribution in [3.63, 3.8) is 0 Å². The third-order valence-electron chi connectivity index (χ3n) is 3.72. The predicted molar refractivity (Wildman–Crippen MR) is 80.1 cm³/mol. The minimum Gasteiger partial charge on any atom is -0.381 e. The highest BCUT2D eigenvalue weighted by atomic mass is 19.1. The monoisotopic (exact) mass is 270 g/mol. The van der Waals surface area contributed by atoms with Crippen LogP contribution in [0, 0.1) is 5.82 Å². The quantitative estimate of drug-likeness (QED) is 0.914. The van der Waals surface area contributed by atoms with Gasteiger partial charge in [0.1, 0.15) is 5.82 Å². The van der Waals surface area contributed by atoms with Gasteiger partial charge in [0.15, 0.2) is 0 Å². The fourth-order valence-corrected chi connectivity index (χ4v) is 2.75. The number of rotatable bonds is 4. The van der Waals surface area contributed by atoms with Gasteiger partial charge >= 0.3 is 0 Å². The van der Waals surface area contributed by atoms with E-state index in [0.29, 0.717) is 6.04 Å². The molecule has 1 atom stereocenters. The molecule has 0 amide bonds. The molecule has 2 nitrogen and oxygen atoms in total. The second kappa shape index (κ2) is 6.06. The molecule has 2 aromatic rings. The van der Waals surface area contributed by atoms with Gasteiger partial charge in [0, 0.05) is 31.4 Å². The number of nitrogens with one attached hydrogen (secondary N) is 1. The molecule has 1 unspecified atom stereocenters. The molecular weight excluding hydrogens is 251 g/mol. The van der Waals surface area contributed by atoms with Gasteiger partial charge in [-0.05, 0) is 30.2 Å². The number of halogens is 1. The van der Waals surface area contributed by atoms with Crippen LogP contribution in [0.15, 0.2) is 54.6 Å². The maximum absolute atomic E-state index is 13.2. The number of likely N-dealkylation sites (tertiary alicyclic amines) is 1. The van der Waals surface area contributed by atoms with Gasteiger partial charge in [0.05, 0.1) is 0 Å².